The molecule has 2 N–H and O–H groups in total. The van der Waals surface area contributed by atoms with Crippen molar-refractivity contribution in [2.75, 3.05) is 16.8 Å². The molecule has 1 fully saturated rings. The second kappa shape index (κ2) is 6.31. The molecule has 1 atom stereocenters. The van der Waals surface area contributed by atoms with Gasteiger partial charge in [0, 0.05) is 18.7 Å². The number of phenols is 1. The number of aromatic hydroxyl groups is 1. The van der Waals surface area contributed by atoms with Crippen LogP contribution in [0.15, 0.2) is 42.5 Å². The Kier molecular flexibility index (Phi) is 4.20. The highest BCUT2D eigenvalue weighted by Gasteiger charge is 2.35. The third kappa shape index (κ3) is 3.08. The van der Waals surface area contributed by atoms with Crippen LogP contribution in [-0.4, -0.2) is 23.5 Å². The third-order valence-electron chi connectivity index (χ3n) is 4.12. The van der Waals surface area contributed by atoms with Gasteiger partial charge < -0.3 is 15.3 Å². The summed E-state index contributed by atoms with van der Waals surface area (Å²) >= 11 is 0. The Morgan fingerprint density at radius 1 is 1.29 bits per heavy atom. The van der Waals surface area contributed by atoms with E-state index in [1.165, 1.54) is 17.0 Å². The Hall–Kier alpha value is -2.89. The highest BCUT2D eigenvalue weighted by molar-refractivity contribution is 6.03. The van der Waals surface area contributed by atoms with E-state index in [4.69, 9.17) is 0 Å². The molecule has 3 rings (SSSR count). The second-order valence-corrected chi connectivity index (χ2v) is 5.85. The average molecular weight is 328 g/mol. The van der Waals surface area contributed by atoms with Gasteiger partial charge in [-0.15, -0.1) is 0 Å². The first-order valence-electron chi connectivity index (χ1n) is 7.61. The normalized spacial score (nSPS) is 17.2. The summed E-state index contributed by atoms with van der Waals surface area (Å²) in [6.07, 6.45) is 0.0505. The molecule has 0 unspecified atom stereocenters. The van der Waals surface area contributed by atoms with Crippen LogP contribution >= 0.6 is 0 Å². The molecular formula is C18H17FN2O3. The number of anilines is 2. The predicted octanol–water partition coefficient (Wildman–Crippen LogP) is 2.83. The Labute approximate surface area is 138 Å². The van der Waals surface area contributed by atoms with Crippen molar-refractivity contribution in [1.82, 2.24) is 0 Å². The van der Waals surface area contributed by atoms with Crippen molar-refractivity contribution < 1.29 is 19.1 Å². The number of amides is 2. The highest BCUT2D eigenvalue weighted by atomic mass is 19.1. The van der Waals surface area contributed by atoms with Gasteiger partial charge in [-0.25, -0.2) is 4.39 Å². The van der Waals surface area contributed by atoms with Crippen LogP contribution in [0.25, 0.3) is 0 Å². The molecule has 2 aromatic carbocycles. The monoisotopic (exact) mass is 328 g/mol. The van der Waals surface area contributed by atoms with Crippen LogP contribution in [0.3, 0.4) is 0 Å². The van der Waals surface area contributed by atoms with E-state index >= 15 is 0 Å². The van der Waals surface area contributed by atoms with E-state index in [1.54, 1.807) is 37.3 Å². The van der Waals surface area contributed by atoms with Gasteiger partial charge in [0.1, 0.15) is 11.6 Å². The summed E-state index contributed by atoms with van der Waals surface area (Å²) in [6.45, 7) is 1.83. The molecule has 6 heteroatoms. The van der Waals surface area contributed by atoms with Gasteiger partial charge in [0.15, 0.2) is 0 Å². The molecule has 5 nitrogen and oxygen atoms in total. The number of hydrogen-bond acceptors (Lipinski definition) is 3. The molecule has 1 heterocycles. The maximum Gasteiger partial charge on any atom is 0.229 e. The molecular weight excluding hydrogens is 311 g/mol. The maximum atomic E-state index is 13.7. The lowest BCUT2D eigenvalue weighted by Crippen LogP contribution is -2.28. The summed E-state index contributed by atoms with van der Waals surface area (Å²) in [5.74, 6) is -1.55. The number of rotatable bonds is 3. The Morgan fingerprint density at radius 2 is 2.04 bits per heavy atom. The first kappa shape index (κ1) is 16.0. The fourth-order valence-corrected chi connectivity index (χ4v) is 2.70. The third-order valence-corrected chi connectivity index (χ3v) is 4.12. The minimum absolute atomic E-state index is 0.0346. The summed E-state index contributed by atoms with van der Waals surface area (Å²) < 4.78 is 13.7. The van der Waals surface area contributed by atoms with Gasteiger partial charge in [0.05, 0.1) is 11.6 Å². The van der Waals surface area contributed by atoms with Crippen LogP contribution in [0.4, 0.5) is 15.8 Å². The lowest BCUT2D eigenvalue weighted by atomic mass is 10.1. The summed E-state index contributed by atoms with van der Waals surface area (Å²) in [5, 5.41) is 12.3. The zero-order chi connectivity index (χ0) is 17.3. The van der Waals surface area contributed by atoms with E-state index in [9.17, 15) is 19.1 Å². The molecule has 1 aliphatic heterocycles. The zero-order valence-corrected chi connectivity index (χ0v) is 13.1. The molecule has 24 heavy (non-hydrogen) atoms. The van der Waals surface area contributed by atoms with Gasteiger partial charge in [-0.05, 0) is 36.8 Å². The molecule has 1 saturated heterocycles. The van der Waals surface area contributed by atoms with Gasteiger partial charge in [-0.1, -0.05) is 18.2 Å². The number of hydrogen-bond donors (Lipinski definition) is 2. The second-order valence-electron chi connectivity index (χ2n) is 5.85. The number of carbonyl (C=O) groups excluding carboxylic acids is 2. The van der Waals surface area contributed by atoms with E-state index in [-0.39, 0.29) is 36.3 Å². The zero-order valence-electron chi connectivity index (χ0n) is 13.1. The summed E-state index contributed by atoms with van der Waals surface area (Å²) in [6, 6.07) is 11.0. The van der Waals surface area contributed by atoms with Gasteiger partial charge in [0.2, 0.25) is 11.8 Å². The molecule has 0 spiro atoms. The number of aryl methyl sites for hydroxylation is 1. The van der Waals surface area contributed by atoms with Crippen molar-refractivity contribution in [3.8, 4) is 5.75 Å². The van der Waals surface area contributed by atoms with Crippen LogP contribution in [0.2, 0.25) is 0 Å². The molecule has 0 bridgehead atoms. The van der Waals surface area contributed by atoms with Crippen molar-refractivity contribution in [2.24, 2.45) is 5.92 Å². The minimum Gasteiger partial charge on any atom is -0.506 e. The van der Waals surface area contributed by atoms with Gasteiger partial charge in [0.25, 0.3) is 0 Å². The molecule has 0 aromatic heterocycles. The number of benzene rings is 2. The van der Waals surface area contributed by atoms with E-state index in [0.29, 0.717) is 16.9 Å². The van der Waals surface area contributed by atoms with E-state index in [0.717, 1.165) is 0 Å². The first-order chi connectivity index (χ1) is 11.5. The topological polar surface area (TPSA) is 69.6 Å². The molecule has 0 radical (unpaired) electrons. The van der Waals surface area contributed by atoms with Crippen molar-refractivity contribution in [3.63, 3.8) is 0 Å². The smallest absolute Gasteiger partial charge is 0.229 e. The van der Waals surface area contributed by atoms with Gasteiger partial charge in [-0.2, -0.15) is 0 Å². The van der Waals surface area contributed by atoms with Crippen LogP contribution in [0.1, 0.15) is 12.0 Å². The number of nitrogens with zero attached hydrogens (tertiary/aromatic N) is 1. The molecule has 2 aromatic rings. The molecule has 2 amide bonds. The van der Waals surface area contributed by atoms with Crippen LogP contribution in [0.5, 0.6) is 5.75 Å². The summed E-state index contributed by atoms with van der Waals surface area (Å²) in [7, 11) is 0. The number of para-hydroxylation sites is 2. The predicted molar refractivity (Wildman–Crippen MR) is 88.3 cm³/mol. The van der Waals surface area contributed by atoms with E-state index in [1.807, 2.05) is 0 Å². The fraction of sp³-hybridized carbons (Fsp3) is 0.222. The maximum absolute atomic E-state index is 13.7. The number of carbonyl (C=O) groups is 2. The molecule has 124 valence electrons. The molecule has 0 saturated carbocycles. The average Bonchev–Trinajstić information content (AvgIpc) is 2.94. The van der Waals surface area contributed by atoms with Crippen LogP contribution < -0.4 is 10.2 Å². The summed E-state index contributed by atoms with van der Waals surface area (Å²) in [5.41, 5.74) is 1.25. The number of halogens is 1. The van der Waals surface area contributed by atoms with Crippen molar-refractivity contribution in [2.45, 2.75) is 13.3 Å². The quantitative estimate of drug-likeness (QED) is 0.851. The SMILES string of the molecule is Cc1ccc(N2C[C@@H](C(=O)Nc3ccccc3O)CC2=O)cc1F. The van der Waals surface area contributed by atoms with E-state index < -0.39 is 5.92 Å². The standard InChI is InChI=1S/C18H17FN2O3/c1-11-6-7-13(9-14(11)19)21-10-12(8-17(21)23)18(24)20-15-4-2-3-5-16(15)22/h2-7,9,12,22H,8,10H2,1H3,(H,20,24)/t12-/m0/s1. The van der Waals surface area contributed by atoms with Crippen LogP contribution in [-0.2, 0) is 9.59 Å². The minimum atomic E-state index is -0.554. The summed E-state index contributed by atoms with van der Waals surface area (Å²) in [4.78, 5) is 25.9. The number of phenolic OH excluding ortho intramolecular Hbond substituents is 1. The largest absolute Gasteiger partial charge is 0.506 e. The Bertz CT molecular complexity index is 807. The van der Waals surface area contributed by atoms with Crippen LogP contribution in [0, 0.1) is 18.7 Å². The van der Waals surface area contributed by atoms with Crippen molar-refractivity contribution >= 4 is 23.2 Å². The first-order valence-corrected chi connectivity index (χ1v) is 7.61. The highest BCUT2D eigenvalue weighted by Crippen LogP contribution is 2.28. The fourth-order valence-electron chi connectivity index (χ4n) is 2.70. The van der Waals surface area contributed by atoms with E-state index in [2.05, 4.69) is 5.32 Å². The van der Waals surface area contributed by atoms with Gasteiger partial charge in [-0.3, -0.25) is 9.59 Å². The van der Waals surface area contributed by atoms with Crippen molar-refractivity contribution in [1.29, 1.82) is 0 Å². The Morgan fingerprint density at radius 3 is 2.75 bits per heavy atom. The number of nitrogens with one attached hydrogen (secondary N) is 1. The van der Waals surface area contributed by atoms with Gasteiger partial charge >= 0.3 is 0 Å². The molecule has 1 aliphatic rings. The van der Waals surface area contributed by atoms with Crippen molar-refractivity contribution in [3.05, 3.63) is 53.8 Å². The lowest BCUT2D eigenvalue weighted by molar-refractivity contribution is -0.122. The Balaban J connectivity index is 1.73. The molecule has 0 aliphatic carbocycles. The lowest BCUT2D eigenvalue weighted by Gasteiger charge is -2.17.